The van der Waals surface area contributed by atoms with Gasteiger partial charge in [0.15, 0.2) is 0 Å². The summed E-state index contributed by atoms with van der Waals surface area (Å²) in [6, 6.07) is 16.7. The number of aromatic amines is 1. The van der Waals surface area contributed by atoms with E-state index in [-0.39, 0.29) is 23.8 Å². The number of ether oxygens (including phenoxy) is 1. The zero-order chi connectivity index (χ0) is 19.5. The van der Waals surface area contributed by atoms with E-state index >= 15 is 0 Å². The van der Waals surface area contributed by atoms with Crippen molar-refractivity contribution in [1.82, 2.24) is 9.97 Å². The molecule has 2 aromatic carbocycles. The molecular formula is C22H19N3O3. The predicted octanol–water partition coefficient (Wildman–Crippen LogP) is 3.48. The number of amides is 1. The highest BCUT2D eigenvalue weighted by Gasteiger charge is 2.31. The van der Waals surface area contributed by atoms with Crippen molar-refractivity contribution in [3.63, 3.8) is 0 Å². The van der Waals surface area contributed by atoms with Crippen LogP contribution in [0.25, 0.3) is 11.4 Å². The predicted molar refractivity (Wildman–Crippen MR) is 108 cm³/mol. The number of nitrogens with one attached hydrogen (secondary N) is 2. The van der Waals surface area contributed by atoms with Crippen LogP contribution in [0.4, 0.5) is 5.82 Å². The largest absolute Gasteiger partial charge is 0.490 e. The fraction of sp³-hybridized carbons (Fsp3) is 0.136. The fourth-order valence-electron chi connectivity index (χ4n) is 3.34. The fourth-order valence-corrected chi connectivity index (χ4v) is 3.34. The maximum Gasteiger partial charge on any atom is 0.257 e. The van der Waals surface area contributed by atoms with Gasteiger partial charge < -0.3 is 15.0 Å². The minimum Gasteiger partial charge on any atom is -0.490 e. The number of anilines is 1. The summed E-state index contributed by atoms with van der Waals surface area (Å²) in [4.78, 5) is 32.5. The highest BCUT2D eigenvalue weighted by Crippen LogP contribution is 2.35. The molecule has 1 aliphatic heterocycles. The first-order valence-electron chi connectivity index (χ1n) is 8.99. The number of hydrogen-bond donors (Lipinski definition) is 2. The van der Waals surface area contributed by atoms with E-state index in [9.17, 15) is 9.59 Å². The van der Waals surface area contributed by atoms with E-state index in [4.69, 9.17) is 4.74 Å². The Hall–Kier alpha value is -3.67. The third-order valence-corrected chi connectivity index (χ3v) is 4.65. The van der Waals surface area contributed by atoms with Gasteiger partial charge in [0.1, 0.15) is 24.0 Å². The van der Waals surface area contributed by atoms with Gasteiger partial charge in [0.2, 0.25) is 5.91 Å². The molecule has 1 aromatic heterocycles. The summed E-state index contributed by atoms with van der Waals surface area (Å²) in [5.74, 6) is 0.921. The smallest absolute Gasteiger partial charge is 0.257 e. The number of fused-ring (bicyclic) bond motifs is 1. The topological polar surface area (TPSA) is 84.1 Å². The average molecular weight is 373 g/mol. The second-order valence-electron chi connectivity index (χ2n) is 6.52. The van der Waals surface area contributed by atoms with Crippen molar-refractivity contribution in [2.24, 2.45) is 0 Å². The lowest BCUT2D eigenvalue weighted by atomic mass is 9.87. The van der Waals surface area contributed by atoms with Crippen LogP contribution in [0.2, 0.25) is 0 Å². The molecule has 1 amide bonds. The van der Waals surface area contributed by atoms with E-state index in [0.29, 0.717) is 29.6 Å². The van der Waals surface area contributed by atoms with Crippen molar-refractivity contribution in [2.75, 3.05) is 11.9 Å². The van der Waals surface area contributed by atoms with Crippen LogP contribution in [-0.2, 0) is 4.79 Å². The van der Waals surface area contributed by atoms with Crippen molar-refractivity contribution in [2.45, 2.75) is 12.3 Å². The monoisotopic (exact) mass is 373 g/mol. The SMILES string of the molecule is C=CCOc1ccc([C@H]2CC(=O)Nc3nc(-c4ccccc4)[nH]c(=O)c32)cc1. The highest BCUT2D eigenvalue weighted by atomic mass is 16.5. The number of benzene rings is 2. The number of hydrogen-bond acceptors (Lipinski definition) is 4. The maximum atomic E-state index is 12.9. The van der Waals surface area contributed by atoms with E-state index < -0.39 is 0 Å². The first-order valence-corrected chi connectivity index (χ1v) is 8.99. The second kappa shape index (κ2) is 7.52. The van der Waals surface area contributed by atoms with Crippen LogP contribution < -0.4 is 15.6 Å². The van der Waals surface area contributed by atoms with E-state index in [0.717, 1.165) is 11.1 Å². The number of H-pyrrole nitrogens is 1. The van der Waals surface area contributed by atoms with Gasteiger partial charge in [0, 0.05) is 17.9 Å². The van der Waals surface area contributed by atoms with E-state index in [1.54, 1.807) is 6.08 Å². The first-order chi connectivity index (χ1) is 13.7. The summed E-state index contributed by atoms with van der Waals surface area (Å²) in [6.45, 7) is 4.04. The zero-order valence-corrected chi connectivity index (χ0v) is 15.1. The Balaban J connectivity index is 1.74. The Labute approximate surface area is 161 Å². The minimum atomic E-state index is -0.363. The molecule has 4 rings (SSSR count). The Bertz CT molecular complexity index is 1070. The zero-order valence-electron chi connectivity index (χ0n) is 15.1. The van der Waals surface area contributed by atoms with E-state index in [1.807, 2.05) is 54.6 Å². The molecule has 1 aliphatic rings. The van der Waals surface area contributed by atoms with Gasteiger partial charge >= 0.3 is 0 Å². The molecule has 0 saturated carbocycles. The summed E-state index contributed by atoms with van der Waals surface area (Å²) in [5, 5.41) is 2.74. The second-order valence-corrected chi connectivity index (χ2v) is 6.52. The number of aromatic nitrogens is 2. The molecule has 0 bridgehead atoms. The first kappa shape index (κ1) is 17.7. The molecule has 140 valence electrons. The summed E-state index contributed by atoms with van der Waals surface area (Å²) < 4.78 is 5.50. The molecule has 28 heavy (non-hydrogen) atoms. The molecule has 2 heterocycles. The van der Waals surface area contributed by atoms with Crippen molar-refractivity contribution in [3.05, 3.63) is 88.7 Å². The summed E-state index contributed by atoms with van der Waals surface area (Å²) in [5.41, 5.74) is 1.86. The number of rotatable bonds is 5. The molecule has 0 spiro atoms. The van der Waals surface area contributed by atoms with E-state index in [1.165, 1.54) is 0 Å². The maximum absolute atomic E-state index is 12.9. The summed E-state index contributed by atoms with van der Waals surface area (Å²) in [6.07, 6.45) is 1.86. The molecule has 6 nitrogen and oxygen atoms in total. The molecule has 0 aliphatic carbocycles. The molecule has 0 fully saturated rings. The molecule has 0 unspecified atom stereocenters. The van der Waals surface area contributed by atoms with E-state index in [2.05, 4.69) is 21.9 Å². The van der Waals surface area contributed by atoms with Crippen LogP contribution >= 0.6 is 0 Å². The Morgan fingerprint density at radius 1 is 1.11 bits per heavy atom. The molecule has 3 aromatic rings. The van der Waals surface area contributed by atoms with Crippen LogP contribution in [0.3, 0.4) is 0 Å². The van der Waals surface area contributed by atoms with Gasteiger partial charge in [0.05, 0.1) is 5.56 Å². The van der Waals surface area contributed by atoms with Gasteiger partial charge in [-0.2, -0.15) is 0 Å². The molecular weight excluding hydrogens is 354 g/mol. The quantitative estimate of drug-likeness (QED) is 0.671. The van der Waals surface area contributed by atoms with Gasteiger partial charge in [-0.15, -0.1) is 0 Å². The van der Waals surface area contributed by atoms with Gasteiger partial charge in [-0.25, -0.2) is 4.98 Å². The third kappa shape index (κ3) is 3.44. The highest BCUT2D eigenvalue weighted by molar-refractivity contribution is 5.94. The number of carbonyl (C=O) groups is 1. The normalized spacial score (nSPS) is 15.4. The van der Waals surface area contributed by atoms with Gasteiger partial charge in [-0.1, -0.05) is 55.1 Å². The third-order valence-electron chi connectivity index (χ3n) is 4.65. The Morgan fingerprint density at radius 2 is 1.86 bits per heavy atom. The van der Waals surface area contributed by atoms with Crippen molar-refractivity contribution in [1.29, 1.82) is 0 Å². The molecule has 0 radical (unpaired) electrons. The molecule has 1 atom stereocenters. The molecule has 6 heteroatoms. The lowest BCUT2D eigenvalue weighted by molar-refractivity contribution is -0.116. The minimum absolute atomic E-state index is 0.165. The average Bonchev–Trinajstić information content (AvgIpc) is 2.72. The summed E-state index contributed by atoms with van der Waals surface area (Å²) in [7, 11) is 0. The summed E-state index contributed by atoms with van der Waals surface area (Å²) >= 11 is 0. The Kier molecular flexibility index (Phi) is 4.76. The Morgan fingerprint density at radius 3 is 2.57 bits per heavy atom. The van der Waals surface area contributed by atoms with Crippen LogP contribution in [-0.4, -0.2) is 22.5 Å². The molecule has 0 saturated heterocycles. The van der Waals surface area contributed by atoms with Gasteiger partial charge in [-0.3, -0.25) is 9.59 Å². The van der Waals surface area contributed by atoms with Gasteiger partial charge in [-0.05, 0) is 17.7 Å². The van der Waals surface area contributed by atoms with Crippen molar-refractivity contribution < 1.29 is 9.53 Å². The van der Waals surface area contributed by atoms with Crippen molar-refractivity contribution >= 4 is 11.7 Å². The van der Waals surface area contributed by atoms with Crippen LogP contribution in [0.1, 0.15) is 23.5 Å². The standard InChI is InChI=1S/C22H19N3O3/c1-2-12-28-16-10-8-14(9-11-16)17-13-18(26)23-21-19(17)22(27)25-20(24-21)15-6-4-3-5-7-15/h2-11,17H,1,12-13H2,(H2,23,24,25,26,27)/t17-/m1/s1. The number of nitrogens with zero attached hydrogens (tertiary/aromatic N) is 1. The molecule has 2 N–H and O–H groups in total. The lowest BCUT2D eigenvalue weighted by Crippen LogP contribution is -2.31. The lowest BCUT2D eigenvalue weighted by Gasteiger charge is -2.24. The van der Waals surface area contributed by atoms with Gasteiger partial charge in [0.25, 0.3) is 5.56 Å². The van der Waals surface area contributed by atoms with Crippen LogP contribution in [0.5, 0.6) is 5.75 Å². The van der Waals surface area contributed by atoms with Crippen LogP contribution in [0.15, 0.2) is 72.0 Å². The number of carbonyl (C=O) groups excluding carboxylic acids is 1. The van der Waals surface area contributed by atoms with Crippen molar-refractivity contribution in [3.8, 4) is 17.1 Å². The van der Waals surface area contributed by atoms with Crippen LogP contribution in [0, 0.1) is 0 Å².